The standard InChI is InChI=1S/C14H24O6/c1-7(15)9-6-13(5,10(17)18)12(3,4)14(9,8(2)16)11(19)20/h7-9,15-16H,6H2,1-5H3,(H,17,18)(H,19,20). The number of carboxylic acids is 2. The molecule has 0 aliphatic heterocycles. The minimum absolute atomic E-state index is 0.00417. The molecule has 0 spiro atoms. The van der Waals surface area contributed by atoms with Gasteiger partial charge in [-0.05, 0) is 32.6 Å². The fourth-order valence-corrected chi connectivity index (χ4v) is 4.12. The number of aliphatic carboxylic acids is 2. The first-order valence-electron chi connectivity index (χ1n) is 6.70. The summed E-state index contributed by atoms with van der Waals surface area (Å²) in [7, 11) is 0. The molecule has 0 radical (unpaired) electrons. The molecule has 0 bridgehead atoms. The average molecular weight is 288 g/mol. The van der Waals surface area contributed by atoms with E-state index < -0.39 is 46.3 Å². The van der Waals surface area contributed by atoms with Crippen molar-refractivity contribution in [2.75, 3.05) is 0 Å². The highest BCUT2D eigenvalue weighted by molar-refractivity contribution is 5.83. The van der Waals surface area contributed by atoms with Gasteiger partial charge in [0.05, 0.1) is 17.6 Å². The molecule has 1 saturated carbocycles. The molecule has 20 heavy (non-hydrogen) atoms. The minimum atomic E-state index is -1.71. The molecule has 0 amide bonds. The van der Waals surface area contributed by atoms with Gasteiger partial charge in [-0.1, -0.05) is 13.8 Å². The lowest BCUT2D eigenvalue weighted by molar-refractivity contribution is -0.184. The predicted octanol–water partition coefficient (Wildman–Crippen LogP) is 0.956. The summed E-state index contributed by atoms with van der Waals surface area (Å²) in [6, 6.07) is 0. The van der Waals surface area contributed by atoms with Gasteiger partial charge >= 0.3 is 11.9 Å². The lowest BCUT2D eigenvalue weighted by atomic mass is 9.55. The van der Waals surface area contributed by atoms with Crippen LogP contribution in [-0.2, 0) is 9.59 Å². The molecule has 0 saturated heterocycles. The Morgan fingerprint density at radius 2 is 1.50 bits per heavy atom. The van der Waals surface area contributed by atoms with Crippen molar-refractivity contribution >= 4 is 11.9 Å². The van der Waals surface area contributed by atoms with Gasteiger partial charge in [-0.15, -0.1) is 0 Å². The minimum Gasteiger partial charge on any atom is -0.481 e. The van der Waals surface area contributed by atoms with Crippen molar-refractivity contribution in [1.82, 2.24) is 0 Å². The Hall–Kier alpha value is -1.14. The van der Waals surface area contributed by atoms with E-state index >= 15 is 0 Å². The van der Waals surface area contributed by atoms with E-state index in [9.17, 15) is 30.0 Å². The van der Waals surface area contributed by atoms with Crippen LogP contribution in [0.2, 0.25) is 0 Å². The Bertz CT molecular complexity index is 427. The molecule has 5 atom stereocenters. The zero-order valence-corrected chi connectivity index (χ0v) is 12.5. The van der Waals surface area contributed by atoms with Crippen molar-refractivity contribution in [3.8, 4) is 0 Å². The summed E-state index contributed by atoms with van der Waals surface area (Å²) in [5, 5.41) is 39.4. The van der Waals surface area contributed by atoms with Crippen molar-refractivity contribution in [1.29, 1.82) is 0 Å². The first kappa shape index (κ1) is 16.9. The number of aliphatic hydroxyl groups excluding tert-OH is 2. The lowest BCUT2D eigenvalue weighted by Crippen LogP contribution is -2.58. The Kier molecular flexibility index (Phi) is 3.98. The van der Waals surface area contributed by atoms with Gasteiger partial charge in [0.15, 0.2) is 0 Å². The highest BCUT2D eigenvalue weighted by Crippen LogP contribution is 2.67. The zero-order valence-electron chi connectivity index (χ0n) is 12.5. The third-order valence-corrected chi connectivity index (χ3v) is 5.69. The molecule has 116 valence electrons. The van der Waals surface area contributed by atoms with Gasteiger partial charge in [-0.3, -0.25) is 9.59 Å². The number of carboxylic acid groups (broad SMARTS) is 2. The van der Waals surface area contributed by atoms with E-state index in [0.717, 1.165) is 0 Å². The maximum atomic E-state index is 11.9. The molecule has 0 aromatic carbocycles. The third-order valence-electron chi connectivity index (χ3n) is 5.69. The number of hydrogen-bond donors (Lipinski definition) is 4. The van der Waals surface area contributed by atoms with Crippen LogP contribution < -0.4 is 0 Å². The predicted molar refractivity (Wildman–Crippen MR) is 71.1 cm³/mol. The van der Waals surface area contributed by atoms with Crippen molar-refractivity contribution < 1.29 is 30.0 Å². The molecule has 5 unspecified atom stereocenters. The molecule has 0 aromatic rings. The second-order valence-electron chi connectivity index (χ2n) is 6.66. The molecule has 1 rings (SSSR count). The van der Waals surface area contributed by atoms with Gasteiger partial charge < -0.3 is 20.4 Å². The van der Waals surface area contributed by atoms with Crippen molar-refractivity contribution in [3.05, 3.63) is 0 Å². The summed E-state index contributed by atoms with van der Waals surface area (Å²) >= 11 is 0. The quantitative estimate of drug-likeness (QED) is 0.612. The van der Waals surface area contributed by atoms with E-state index in [1.165, 1.54) is 20.8 Å². The van der Waals surface area contributed by atoms with Gasteiger partial charge in [-0.2, -0.15) is 0 Å². The van der Waals surface area contributed by atoms with Gasteiger partial charge in [0, 0.05) is 5.92 Å². The van der Waals surface area contributed by atoms with Crippen LogP contribution in [0.3, 0.4) is 0 Å². The summed E-state index contributed by atoms with van der Waals surface area (Å²) < 4.78 is 0. The summed E-state index contributed by atoms with van der Waals surface area (Å²) in [5.41, 5.74) is -4.29. The molecule has 1 aliphatic carbocycles. The van der Waals surface area contributed by atoms with Crippen LogP contribution in [0.4, 0.5) is 0 Å². The Morgan fingerprint density at radius 1 is 1.05 bits per heavy atom. The molecule has 4 N–H and O–H groups in total. The number of carbonyl (C=O) groups is 2. The van der Waals surface area contributed by atoms with Gasteiger partial charge in [0.1, 0.15) is 5.41 Å². The van der Waals surface area contributed by atoms with Crippen LogP contribution in [-0.4, -0.2) is 44.6 Å². The largest absolute Gasteiger partial charge is 0.481 e. The molecule has 0 heterocycles. The third kappa shape index (κ3) is 1.71. The second-order valence-corrected chi connectivity index (χ2v) is 6.66. The normalized spacial score (nSPS) is 39.2. The monoisotopic (exact) mass is 288 g/mol. The van der Waals surface area contributed by atoms with E-state index in [2.05, 4.69) is 0 Å². The van der Waals surface area contributed by atoms with Gasteiger partial charge in [-0.25, -0.2) is 0 Å². The Labute approximate surface area is 118 Å². The maximum absolute atomic E-state index is 11.9. The highest BCUT2D eigenvalue weighted by Gasteiger charge is 2.74. The second kappa shape index (κ2) is 4.70. The number of aliphatic hydroxyl groups is 2. The molecule has 1 aliphatic rings. The van der Waals surface area contributed by atoms with Crippen LogP contribution in [0.25, 0.3) is 0 Å². The topological polar surface area (TPSA) is 115 Å². The van der Waals surface area contributed by atoms with Crippen molar-refractivity contribution in [2.45, 2.75) is 53.2 Å². The van der Waals surface area contributed by atoms with Crippen LogP contribution in [0, 0.1) is 22.2 Å². The van der Waals surface area contributed by atoms with E-state index in [1.54, 1.807) is 13.8 Å². The smallest absolute Gasteiger partial charge is 0.313 e. The van der Waals surface area contributed by atoms with Crippen molar-refractivity contribution in [2.24, 2.45) is 22.2 Å². The fraction of sp³-hybridized carbons (Fsp3) is 0.857. The van der Waals surface area contributed by atoms with E-state index in [1.807, 2.05) is 0 Å². The molecule has 6 heteroatoms. The molecule has 0 aromatic heterocycles. The van der Waals surface area contributed by atoms with E-state index in [-0.39, 0.29) is 6.42 Å². The SMILES string of the molecule is CC(O)C1CC(C)(C(=O)O)C(C)(C)C1(C(=O)O)C(C)O. The summed E-state index contributed by atoms with van der Waals surface area (Å²) in [6.45, 7) is 7.36. The molecule has 1 fully saturated rings. The molecule has 6 nitrogen and oxygen atoms in total. The molecular formula is C14H24O6. The van der Waals surface area contributed by atoms with Gasteiger partial charge in [0.2, 0.25) is 0 Å². The van der Waals surface area contributed by atoms with Crippen LogP contribution >= 0.6 is 0 Å². The molecular weight excluding hydrogens is 264 g/mol. The average Bonchev–Trinajstić information content (AvgIpc) is 2.45. The fourth-order valence-electron chi connectivity index (χ4n) is 4.12. The highest BCUT2D eigenvalue weighted by atomic mass is 16.4. The Balaban J connectivity index is 3.67. The summed E-state index contributed by atoms with van der Waals surface area (Å²) in [6.07, 6.45) is -2.30. The first-order valence-corrected chi connectivity index (χ1v) is 6.70. The number of rotatable bonds is 4. The number of hydrogen-bond acceptors (Lipinski definition) is 4. The van der Waals surface area contributed by atoms with E-state index in [0.29, 0.717) is 0 Å². The zero-order chi connectivity index (χ0) is 16.1. The first-order chi connectivity index (χ1) is 8.87. The Morgan fingerprint density at radius 3 is 1.70 bits per heavy atom. The summed E-state index contributed by atoms with van der Waals surface area (Å²) in [4.78, 5) is 23.6. The van der Waals surface area contributed by atoms with Crippen LogP contribution in [0.5, 0.6) is 0 Å². The van der Waals surface area contributed by atoms with Crippen LogP contribution in [0.15, 0.2) is 0 Å². The summed E-state index contributed by atoms with van der Waals surface area (Å²) in [5.74, 6) is -3.22. The lowest BCUT2D eigenvalue weighted by Gasteiger charge is -2.48. The maximum Gasteiger partial charge on any atom is 0.313 e. The van der Waals surface area contributed by atoms with Gasteiger partial charge in [0.25, 0.3) is 0 Å². The van der Waals surface area contributed by atoms with Crippen LogP contribution in [0.1, 0.15) is 41.0 Å². The van der Waals surface area contributed by atoms with E-state index in [4.69, 9.17) is 0 Å². The van der Waals surface area contributed by atoms with Crippen molar-refractivity contribution in [3.63, 3.8) is 0 Å².